The molecule has 0 bridgehead atoms. The molecule has 0 radical (unpaired) electrons. The summed E-state index contributed by atoms with van der Waals surface area (Å²) in [6.45, 7) is 4.24. The van der Waals surface area contributed by atoms with Gasteiger partial charge in [0.25, 0.3) is 0 Å². The summed E-state index contributed by atoms with van der Waals surface area (Å²) in [5.74, 6) is 0.924. The van der Waals surface area contributed by atoms with Gasteiger partial charge in [0.15, 0.2) is 0 Å². The van der Waals surface area contributed by atoms with Crippen LogP contribution in [0.4, 0.5) is 5.69 Å². The second-order valence-electron chi connectivity index (χ2n) is 6.43. The quantitative estimate of drug-likeness (QED) is 0.916. The second-order valence-corrected chi connectivity index (χ2v) is 6.43. The lowest BCUT2D eigenvalue weighted by atomic mass is 9.78. The minimum Gasteiger partial charge on any atom is -0.368 e. The number of aryl methyl sites for hydroxylation is 1. The molecule has 2 fully saturated rings. The van der Waals surface area contributed by atoms with Crippen LogP contribution in [0, 0.1) is 12.8 Å². The Morgan fingerprint density at radius 3 is 2.90 bits per heavy atom. The smallest absolute Gasteiger partial charge is 0.0448 e. The molecule has 1 aliphatic heterocycles. The number of hydrogen-bond donors (Lipinski definition) is 1. The summed E-state index contributed by atoms with van der Waals surface area (Å²) in [6.07, 6.45) is 10.5. The van der Waals surface area contributed by atoms with Gasteiger partial charge in [-0.15, -0.1) is 0 Å². The highest BCUT2D eigenvalue weighted by atomic mass is 15.2. The van der Waals surface area contributed by atoms with Crippen LogP contribution in [0.15, 0.2) is 12.3 Å². The van der Waals surface area contributed by atoms with Gasteiger partial charge in [0.1, 0.15) is 0 Å². The fourth-order valence-corrected chi connectivity index (χ4v) is 4.09. The molecule has 0 unspecified atom stereocenters. The number of rotatable bonds is 3. The first-order valence-electron chi connectivity index (χ1n) is 8.16. The molecule has 1 aromatic rings. The SMILES string of the molecule is CNCc1cnc(C)cc1N1CCC[C@H]2CCCC[C@H]21. The molecule has 0 spiro atoms. The molecule has 110 valence electrons. The Hall–Kier alpha value is -1.09. The number of nitrogens with one attached hydrogen (secondary N) is 1. The molecule has 1 saturated heterocycles. The lowest BCUT2D eigenvalue weighted by molar-refractivity contribution is 0.243. The van der Waals surface area contributed by atoms with Crippen molar-refractivity contribution in [1.29, 1.82) is 0 Å². The highest BCUT2D eigenvalue weighted by Crippen LogP contribution is 2.38. The summed E-state index contributed by atoms with van der Waals surface area (Å²) < 4.78 is 0. The van der Waals surface area contributed by atoms with Gasteiger partial charge < -0.3 is 10.2 Å². The van der Waals surface area contributed by atoms with Gasteiger partial charge in [-0.3, -0.25) is 4.98 Å². The largest absolute Gasteiger partial charge is 0.368 e. The van der Waals surface area contributed by atoms with Crippen LogP contribution in [0.5, 0.6) is 0 Å². The average molecular weight is 273 g/mol. The fourth-order valence-electron chi connectivity index (χ4n) is 4.09. The van der Waals surface area contributed by atoms with Gasteiger partial charge in [-0.25, -0.2) is 0 Å². The summed E-state index contributed by atoms with van der Waals surface area (Å²) in [7, 11) is 2.02. The Balaban J connectivity index is 1.91. The van der Waals surface area contributed by atoms with Crippen LogP contribution in [0.25, 0.3) is 0 Å². The number of nitrogens with zero attached hydrogens (tertiary/aromatic N) is 2. The minimum atomic E-state index is 0.773. The van der Waals surface area contributed by atoms with Gasteiger partial charge >= 0.3 is 0 Å². The molecule has 3 heteroatoms. The summed E-state index contributed by atoms with van der Waals surface area (Å²) in [6, 6.07) is 3.07. The van der Waals surface area contributed by atoms with E-state index in [1.165, 1.54) is 56.3 Å². The predicted octanol–water partition coefficient (Wildman–Crippen LogP) is 3.27. The zero-order valence-electron chi connectivity index (χ0n) is 12.9. The zero-order chi connectivity index (χ0) is 13.9. The lowest BCUT2D eigenvalue weighted by Crippen LogP contribution is -2.47. The third kappa shape index (κ3) is 2.69. The van der Waals surface area contributed by atoms with Crippen molar-refractivity contribution in [1.82, 2.24) is 10.3 Å². The molecule has 0 aromatic carbocycles. The average Bonchev–Trinajstić information content (AvgIpc) is 2.49. The van der Waals surface area contributed by atoms with Gasteiger partial charge in [-0.05, 0) is 51.6 Å². The summed E-state index contributed by atoms with van der Waals surface area (Å²) in [4.78, 5) is 7.19. The van der Waals surface area contributed by atoms with Gasteiger partial charge in [0.05, 0.1) is 0 Å². The van der Waals surface area contributed by atoms with Crippen molar-refractivity contribution in [3.63, 3.8) is 0 Å². The molecular formula is C17H27N3. The molecule has 3 rings (SSSR count). The van der Waals surface area contributed by atoms with E-state index in [0.717, 1.165) is 24.2 Å². The van der Waals surface area contributed by atoms with E-state index in [4.69, 9.17) is 0 Å². The van der Waals surface area contributed by atoms with Crippen LogP contribution in [0.3, 0.4) is 0 Å². The first-order valence-corrected chi connectivity index (χ1v) is 8.16. The van der Waals surface area contributed by atoms with Crippen molar-refractivity contribution in [2.24, 2.45) is 5.92 Å². The number of hydrogen-bond acceptors (Lipinski definition) is 3. The van der Waals surface area contributed by atoms with Crippen molar-refractivity contribution < 1.29 is 0 Å². The molecule has 20 heavy (non-hydrogen) atoms. The number of anilines is 1. The van der Waals surface area contributed by atoms with Crippen LogP contribution in [0.1, 0.15) is 49.8 Å². The fraction of sp³-hybridized carbons (Fsp3) is 0.706. The van der Waals surface area contributed by atoms with Crippen molar-refractivity contribution in [2.75, 3.05) is 18.5 Å². The lowest BCUT2D eigenvalue weighted by Gasteiger charge is -2.46. The van der Waals surface area contributed by atoms with Crippen LogP contribution >= 0.6 is 0 Å². The Morgan fingerprint density at radius 2 is 2.05 bits per heavy atom. The van der Waals surface area contributed by atoms with E-state index in [-0.39, 0.29) is 0 Å². The van der Waals surface area contributed by atoms with E-state index in [1.54, 1.807) is 0 Å². The van der Waals surface area contributed by atoms with Gasteiger partial charge in [0.2, 0.25) is 0 Å². The maximum absolute atomic E-state index is 4.49. The molecule has 1 N–H and O–H groups in total. The van der Waals surface area contributed by atoms with E-state index in [1.807, 2.05) is 7.05 Å². The van der Waals surface area contributed by atoms with Crippen LogP contribution in [-0.2, 0) is 6.54 Å². The Bertz CT molecular complexity index is 456. The maximum Gasteiger partial charge on any atom is 0.0448 e. The number of aromatic nitrogens is 1. The molecule has 1 aliphatic carbocycles. The molecule has 0 amide bonds. The monoisotopic (exact) mass is 273 g/mol. The first-order chi connectivity index (χ1) is 9.79. The van der Waals surface area contributed by atoms with Crippen molar-refractivity contribution in [2.45, 2.75) is 58.0 Å². The number of pyridine rings is 1. The van der Waals surface area contributed by atoms with Crippen molar-refractivity contribution in [3.8, 4) is 0 Å². The van der Waals surface area contributed by atoms with Gasteiger partial charge in [0, 0.05) is 42.3 Å². The summed E-state index contributed by atoms with van der Waals surface area (Å²) >= 11 is 0. The molecular weight excluding hydrogens is 246 g/mol. The highest BCUT2D eigenvalue weighted by Gasteiger charge is 2.34. The van der Waals surface area contributed by atoms with E-state index in [9.17, 15) is 0 Å². The molecule has 2 atom stereocenters. The zero-order valence-corrected chi connectivity index (χ0v) is 12.9. The Labute approximate surface area is 122 Å². The topological polar surface area (TPSA) is 28.2 Å². The first kappa shape index (κ1) is 13.9. The molecule has 3 nitrogen and oxygen atoms in total. The predicted molar refractivity (Wildman–Crippen MR) is 84.1 cm³/mol. The van der Waals surface area contributed by atoms with E-state index < -0.39 is 0 Å². The third-order valence-electron chi connectivity index (χ3n) is 5.02. The van der Waals surface area contributed by atoms with E-state index >= 15 is 0 Å². The standard InChI is InChI=1S/C17H27N3/c1-13-10-17(15(11-18-2)12-19-13)20-9-5-7-14-6-3-4-8-16(14)20/h10,12,14,16,18H,3-9,11H2,1-2H3/t14-,16-/m1/s1. The van der Waals surface area contributed by atoms with Crippen LogP contribution in [-0.4, -0.2) is 24.6 Å². The van der Waals surface area contributed by atoms with Crippen molar-refractivity contribution >= 4 is 5.69 Å². The Kier molecular flexibility index (Phi) is 4.25. The highest BCUT2D eigenvalue weighted by molar-refractivity contribution is 5.55. The second kappa shape index (κ2) is 6.13. The maximum atomic E-state index is 4.49. The van der Waals surface area contributed by atoms with Crippen molar-refractivity contribution in [3.05, 3.63) is 23.5 Å². The van der Waals surface area contributed by atoms with Gasteiger partial charge in [-0.2, -0.15) is 0 Å². The van der Waals surface area contributed by atoms with Crippen LogP contribution < -0.4 is 10.2 Å². The number of piperidine rings is 1. The molecule has 1 aromatic heterocycles. The molecule has 2 aliphatic rings. The molecule has 2 heterocycles. The van der Waals surface area contributed by atoms with E-state index in [0.29, 0.717) is 0 Å². The number of fused-ring (bicyclic) bond motifs is 1. The van der Waals surface area contributed by atoms with Gasteiger partial charge in [-0.1, -0.05) is 12.8 Å². The Morgan fingerprint density at radius 1 is 1.25 bits per heavy atom. The van der Waals surface area contributed by atoms with E-state index in [2.05, 4.69) is 34.4 Å². The third-order valence-corrected chi connectivity index (χ3v) is 5.02. The van der Waals surface area contributed by atoms with Crippen LogP contribution in [0.2, 0.25) is 0 Å². The summed E-state index contributed by atoms with van der Waals surface area (Å²) in [5, 5.41) is 3.29. The normalized spacial score (nSPS) is 26.4. The summed E-state index contributed by atoms with van der Waals surface area (Å²) in [5.41, 5.74) is 3.92. The molecule has 1 saturated carbocycles. The minimum absolute atomic E-state index is 0.773.